The summed E-state index contributed by atoms with van der Waals surface area (Å²) >= 11 is 6.09. The third kappa shape index (κ3) is 7.54. The lowest BCUT2D eigenvalue weighted by atomic mass is 10.2. The maximum absolute atomic E-state index is 13.3. The highest BCUT2D eigenvalue weighted by Gasteiger charge is 2.65. The van der Waals surface area contributed by atoms with Gasteiger partial charge in [0, 0.05) is 17.1 Å². The van der Waals surface area contributed by atoms with Crippen LogP contribution in [0.15, 0.2) is 12.1 Å². The van der Waals surface area contributed by atoms with Crippen LogP contribution in [0.5, 0.6) is 0 Å². The van der Waals surface area contributed by atoms with Gasteiger partial charge in [-0.3, -0.25) is 9.35 Å². The lowest BCUT2D eigenvalue weighted by Gasteiger charge is -2.23. The zero-order valence-electron chi connectivity index (χ0n) is 14.6. The smallest absolute Gasteiger partial charge is 0.431 e. The Balaban J connectivity index is 2.42. The number of hydrogen-bond donors (Lipinski definition) is 1. The minimum absolute atomic E-state index is 0.0141. The van der Waals surface area contributed by atoms with Crippen molar-refractivity contribution in [3.05, 3.63) is 28.4 Å². The number of rotatable bonds is 10. The molecule has 0 aromatic heterocycles. The number of halogens is 7. The van der Waals surface area contributed by atoms with Crippen LogP contribution in [0.3, 0.4) is 0 Å². The van der Waals surface area contributed by atoms with Crippen molar-refractivity contribution in [3.63, 3.8) is 0 Å². The molecule has 1 aromatic carbocycles. The van der Waals surface area contributed by atoms with Gasteiger partial charge in [-0.25, -0.2) is 4.79 Å². The van der Waals surface area contributed by atoms with E-state index in [0.29, 0.717) is 9.13 Å². The minimum Gasteiger partial charge on any atom is -0.465 e. The number of carbonyl (C=O) groups excluding carboxylic acids is 2. The molecule has 0 amide bonds. The molecule has 0 spiro atoms. The Labute approximate surface area is 209 Å². The molecule has 0 aliphatic rings. The normalized spacial score (nSPS) is 12.5. The molecule has 0 unspecified atom stereocenters. The molecule has 30 heavy (non-hydrogen) atoms. The van der Waals surface area contributed by atoms with Crippen LogP contribution in [0.1, 0.15) is 29.6 Å². The largest absolute Gasteiger partial charge is 0.465 e. The predicted octanol–water partition coefficient (Wildman–Crippen LogP) is 4.49. The summed E-state index contributed by atoms with van der Waals surface area (Å²) in [4.78, 5) is 23.6. The number of hydrogen-bond acceptors (Lipinski definition) is 6. The van der Waals surface area contributed by atoms with Crippen molar-refractivity contribution >= 4 is 89.8 Å². The van der Waals surface area contributed by atoms with E-state index >= 15 is 0 Å². The van der Waals surface area contributed by atoms with E-state index in [-0.39, 0.29) is 19.4 Å². The maximum atomic E-state index is 13.3. The molecule has 0 atom stereocenters. The van der Waals surface area contributed by atoms with Gasteiger partial charge in [-0.2, -0.15) is 26.0 Å². The summed E-state index contributed by atoms with van der Waals surface area (Å²) < 4.78 is 93.2. The third-order valence-electron chi connectivity index (χ3n) is 3.40. The summed E-state index contributed by atoms with van der Waals surface area (Å²) in [7, 11) is -6.34. The zero-order chi connectivity index (χ0) is 23.3. The molecule has 0 heterocycles. The van der Waals surface area contributed by atoms with Gasteiger partial charge in [0.05, 0.1) is 25.2 Å². The van der Waals surface area contributed by atoms with Crippen LogP contribution in [-0.2, 0) is 24.4 Å². The van der Waals surface area contributed by atoms with Crippen molar-refractivity contribution in [2.75, 3.05) is 13.2 Å². The molecule has 0 bridgehead atoms. The fourth-order valence-corrected chi connectivity index (χ4v) is 4.72. The van der Waals surface area contributed by atoms with E-state index < -0.39 is 46.3 Å². The molecule has 0 saturated carbocycles. The van der Waals surface area contributed by atoms with E-state index in [9.17, 15) is 35.6 Å². The topological polar surface area (TPSA) is 107 Å². The Morgan fingerprint density at radius 3 is 2.20 bits per heavy atom. The highest BCUT2D eigenvalue weighted by molar-refractivity contribution is 14.1. The molecule has 15 heteroatoms. The Kier molecular flexibility index (Phi) is 10.5. The van der Waals surface area contributed by atoms with E-state index in [0.717, 1.165) is 7.14 Å². The van der Waals surface area contributed by atoms with Gasteiger partial charge in [0.1, 0.15) is 0 Å². The maximum Gasteiger partial charge on any atom is 0.431 e. The average Bonchev–Trinajstić information content (AvgIpc) is 2.60. The minimum atomic E-state index is -6.34. The molecule has 0 aliphatic heterocycles. The summed E-state index contributed by atoms with van der Waals surface area (Å²) in [5, 5.41) is -5.72. The number of benzene rings is 1. The third-order valence-corrected chi connectivity index (χ3v) is 8.01. The van der Waals surface area contributed by atoms with Crippen LogP contribution in [0.4, 0.5) is 17.6 Å². The molecule has 1 aromatic rings. The molecule has 0 saturated heterocycles. The van der Waals surface area contributed by atoms with Crippen LogP contribution in [-0.4, -0.2) is 49.3 Å². The quantitative estimate of drug-likeness (QED) is 0.0931. The molecule has 170 valence electrons. The van der Waals surface area contributed by atoms with Crippen LogP contribution < -0.4 is 0 Å². The van der Waals surface area contributed by atoms with Gasteiger partial charge in [-0.15, -0.1) is 0 Å². The van der Waals surface area contributed by atoms with E-state index in [4.69, 9.17) is 9.29 Å². The number of esters is 2. The van der Waals surface area contributed by atoms with Crippen LogP contribution in [0.25, 0.3) is 0 Å². The SMILES string of the molecule is O=C(CCCOC(=O)c1cc(I)cc(I)c1I)OCCC(F)(F)C(F)(F)S(=O)(=O)O. The zero-order valence-corrected chi connectivity index (χ0v) is 21.9. The van der Waals surface area contributed by atoms with Crippen LogP contribution in [0, 0.1) is 10.7 Å². The first kappa shape index (κ1) is 28.0. The van der Waals surface area contributed by atoms with Crippen LogP contribution in [0.2, 0.25) is 0 Å². The van der Waals surface area contributed by atoms with E-state index in [1.54, 1.807) is 6.07 Å². The second-order valence-electron chi connectivity index (χ2n) is 5.66. The van der Waals surface area contributed by atoms with Crippen LogP contribution >= 0.6 is 67.8 Å². The van der Waals surface area contributed by atoms with Crippen molar-refractivity contribution in [1.29, 1.82) is 0 Å². The molecular weight excluding hydrogens is 781 g/mol. The van der Waals surface area contributed by atoms with E-state index in [2.05, 4.69) is 27.3 Å². The highest BCUT2D eigenvalue weighted by Crippen LogP contribution is 2.40. The van der Waals surface area contributed by atoms with Gasteiger partial charge >= 0.3 is 33.2 Å². The average molecular weight is 794 g/mol. The second kappa shape index (κ2) is 11.2. The molecular formula is C15H13F4I3O7S. The Morgan fingerprint density at radius 2 is 1.63 bits per heavy atom. The monoisotopic (exact) mass is 794 g/mol. The number of ether oxygens (including phenoxy) is 2. The van der Waals surface area contributed by atoms with Gasteiger partial charge in [0.2, 0.25) is 0 Å². The van der Waals surface area contributed by atoms with E-state index in [1.807, 2.05) is 51.2 Å². The number of carbonyl (C=O) groups is 2. The first-order valence-electron chi connectivity index (χ1n) is 7.80. The summed E-state index contributed by atoms with van der Waals surface area (Å²) in [6.07, 6.45) is -2.18. The fourth-order valence-electron chi connectivity index (χ4n) is 1.86. The molecule has 1 rings (SSSR count). The fraction of sp³-hybridized carbons (Fsp3) is 0.467. The van der Waals surface area contributed by atoms with E-state index in [1.165, 1.54) is 0 Å². The van der Waals surface area contributed by atoms with Crippen molar-refractivity contribution < 1.29 is 49.6 Å². The van der Waals surface area contributed by atoms with Crippen molar-refractivity contribution in [2.45, 2.75) is 30.4 Å². The summed E-state index contributed by atoms with van der Waals surface area (Å²) in [5.74, 6) is -6.79. The van der Waals surface area contributed by atoms with Crippen molar-refractivity contribution in [1.82, 2.24) is 0 Å². The molecule has 0 aliphatic carbocycles. The van der Waals surface area contributed by atoms with Gasteiger partial charge in [0.25, 0.3) is 0 Å². The Morgan fingerprint density at radius 1 is 1.03 bits per heavy atom. The Bertz CT molecular complexity index is 910. The van der Waals surface area contributed by atoms with Gasteiger partial charge in [-0.05, 0) is 86.3 Å². The highest BCUT2D eigenvalue weighted by atomic mass is 127. The van der Waals surface area contributed by atoms with Crippen molar-refractivity contribution in [3.8, 4) is 0 Å². The molecule has 0 radical (unpaired) electrons. The summed E-state index contributed by atoms with van der Waals surface area (Å²) in [6.45, 7) is -1.38. The number of alkyl halides is 4. The lowest BCUT2D eigenvalue weighted by molar-refractivity contribution is -0.174. The van der Waals surface area contributed by atoms with Gasteiger partial charge in [-0.1, -0.05) is 0 Å². The summed E-state index contributed by atoms with van der Waals surface area (Å²) in [5.41, 5.74) is 0.344. The molecule has 1 N–H and O–H groups in total. The first-order valence-corrected chi connectivity index (χ1v) is 12.5. The molecule has 0 fully saturated rings. The Hall–Kier alpha value is -0.0200. The lowest BCUT2D eigenvalue weighted by Crippen LogP contribution is -2.47. The van der Waals surface area contributed by atoms with Crippen molar-refractivity contribution in [2.24, 2.45) is 0 Å². The second-order valence-corrected chi connectivity index (χ2v) is 10.6. The van der Waals surface area contributed by atoms with Gasteiger partial charge < -0.3 is 9.47 Å². The predicted molar refractivity (Wildman–Crippen MR) is 121 cm³/mol. The standard InChI is InChI=1S/C15H13F4I3O7S/c16-14(17,15(18,19)30(25,26)27)3-5-28-11(23)2-1-4-29-13(24)9-6-8(20)7-10(21)12(9)22/h6-7H,1-5H2,(H,25,26,27). The summed E-state index contributed by atoms with van der Waals surface area (Å²) in [6, 6.07) is 3.49. The van der Waals surface area contributed by atoms with Gasteiger partial charge in [0.15, 0.2) is 0 Å². The molecule has 7 nitrogen and oxygen atoms in total. The first-order chi connectivity index (χ1) is 13.6.